The van der Waals surface area contributed by atoms with Crippen molar-refractivity contribution in [2.45, 2.75) is 12.0 Å². The number of hydrogen-bond acceptors (Lipinski definition) is 4. The number of esters is 1. The number of ether oxygens (including phenoxy) is 2. The Morgan fingerprint density at radius 3 is 1.78 bits per heavy atom. The standard InChI is InChI=1S/C32H31NO3/c1-35-31(34)23-22-26-14-11-12-21-30(26)36-25-13-24-33-32(27-15-5-2-6-16-27,28-17-7-3-8-18-28)29-19-9-4-10-20-29/h2-12,14-23,33H,13,24-25H2,1H3. The Kier molecular flexibility index (Phi) is 8.68. The highest BCUT2D eigenvalue weighted by Gasteiger charge is 2.35. The third-order valence-corrected chi connectivity index (χ3v) is 6.11. The summed E-state index contributed by atoms with van der Waals surface area (Å²) in [6.45, 7) is 1.27. The molecule has 0 saturated heterocycles. The van der Waals surface area contributed by atoms with E-state index in [1.165, 1.54) is 29.9 Å². The molecule has 0 heterocycles. The number of rotatable bonds is 11. The molecule has 36 heavy (non-hydrogen) atoms. The SMILES string of the molecule is COC(=O)C=Cc1ccccc1OCCCNC(c1ccccc1)(c1ccccc1)c1ccccc1. The molecule has 0 atom stereocenters. The molecule has 0 radical (unpaired) electrons. The summed E-state index contributed by atoms with van der Waals surface area (Å²) in [5.74, 6) is 0.339. The number of carbonyl (C=O) groups excluding carboxylic acids is 1. The van der Waals surface area contributed by atoms with E-state index in [0.29, 0.717) is 6.61 Å². The van der Waals surface area contributed by atoms with Crippen molar-refractivity contribution in [1.29, 1.82) is 0 Å². The lowest BCUT2D eigenvalue weighted by Gasteiger charge is -2.37. The van der Waals surface area contributed by atoms with E-state index in [2.05, 4.69) is 78.1 Å². The highest BCUT2D eigenvalue weighted by molar-refractivity contribution is 5.87. The minimum absolute atomic E-state index is 0.395. The molecule has 4 heteroatoms. The Labute approximate surface area is 213 Å². The Balaban J connectivity index is 1.53. The molecule has 1 N–H and O–H groups in total. The Bertz CT molecular complexity index is 1160. The van der Waals surface area contributed by atoms with Crippen molar-refractivity contribution in [3.05, 3.63) is 144 Å². The van der Waals surface area contributed by atoms with E-state index >= 15 is 0 Å². The minimum Gasteiger partial charge on any atom is -0.493 e. The van der Waals surface area contributed by atoms with E-state index in [9.17, 15) is 4.79 Å². The third kappa shape index (κ3) is 5.91. The monoisotopic (exact) mass is 477 g/mol. The van der Waals surface area contributed by atoms with Gasteiger partial charge in [0.25, 0.3) is 0 Å². The third-order valence-electron chi connectivity index (χ3n) is 6.11. The summed E-state index contributed by atoms with van der Waals surface area (Å²) < 4.78 is 10.8. The molecule has 0 saturated carbocycles. The number of nitrogens with one attached hydrogen (secondary N) is 1. The first kappa shape index (κ1) is 25.0. The predicted octanol–water partition coefficient (Wildman–Crippen LogP) is 6.22. The summed E-state index contributed by atoms with van der Waals surface area (Å²) in [4.78, 5) is 11.5. The van der Waals surface area contributed by atoms with Gasteiger partial charge in [0.05, 0.1) is 19.3 Å². The molecule has 0 fully saturated rings. The van der Waals surface area contributed by atoms with Crippen molar-refractivity contribution in [1.82, 2.24) is 5.32 Å². The van der Waals surface area contributed by atoms with Crippen LogP contribution in [-0.4, -0.2) is 26.2 Å². The first-order valence-corrected chi connectivity index (χ1v) is 12.1. The number of hydrogen-bond donors (Lipinski definition) is 1. The Morgan fingerprint density at radius 1 is 0.750 bits per heavy atom. The maximum Gasteiger partial charge on any atom is 0.330 e. The zero-order chi connectivity index (χ0) is 25.1. The van der Waals surface area contributed by atoms with Crippen LogP contribution in [0.4, 0.5) is 0 Å². The Hall–Kier alpha value is -4.15. The largest absolute Gasteiger partial charge is 0.493 e. The van der Waals surface area contributed by atoms with Crippen LogP contribution in [0.15, 0.2) is 121 Å². The number of methoxy groups -OCH3 is 1. The minimum atomic E-state index is -0.495. The van der Waals surface area contributed by atoms with Gasteiger partial charge in [0, 0.05) is 11.6 Å². The molecule has 4 nitrogen and oxygen atoms in total. The van der Waals surface area contributed by atoms with E-state index in [-0.39, 0.29) is 0 Å². The summed E-state index contributed by atoms with van der Waals surface area (Å²) in [6, 6.07) is 39.3. The predicted molar refractivity (Wildman–Crippen MR) is 145 cm³/mol. The van der Waals surface area contributed by atoms with Crippen LogP contribution in [0.2, 0.25) is 0 Å². The fourth-order valence-corrected chi connectivity index (χ4v) is 4.38. The van der Waals surface area contributed by atoms with Crippen molar-refractivity contribution in [3.63, 3.8) is 0 Å². The number of para-hydroxylation sites is 1. The molecule has 0 aromatic heterocycles. The second kappa shape index (κ2) is 12.5. The summed E-state index contributed by atoms with van der Waals surface area (Å²) in [5.41, 5.74) is 3.89. The smallest absolute Gasteiger partial charge is 0.330 e. The van der Waals surface area contributed by atoms with Gasteiger partial charge in [-0.2, -0.15) is 0 Å². The average molecular weight is 478 g/mol. The molecule has 0 aliphatic heterocycles. The number of benzene rings is 4. The van der Waals surface area contributed by atoms with Crippen LogP contribution in [0.5, 0.6) is 5.75 Å². The van der Waals surface area contributed by atoms with E-state index in [1.54, 1.807) is 6.08 Å². The molecule has 4 aromatic rings. The quantitative estimate of drug-likeness (QED) is 0.121. The van der Waals surface area contributed by atoms with Gasteiger partial charge >= 0.3 is 5.97 Å². The molecule has 0 bridgehead atoms. The molecule has 182 valence electrons. The second-order valence-corrected chi connectivity index (χ2v) is 8.37. The molecule has 0 aliphatic rings. The van der Waals surface area contributed by atoms with Gasteiger partial charge in [-0.15, -0.1) is 0 Å². The number of carbonyl (C=O) groups is 1. The van der Waals surface area contributed by atoms with E-state index in [1.807, 2.05) is 42.5 Å². The van der Waals surface area contributed by atoms with E-state index in [0.717, 1.165) is 24.3 Å². The molecule has 0 spiro atoms. The summed E-state index contributed by atoms with van der Waals surface area (Å²) in [5, 5.41) is 3.88. The van der Waals surface area contributed by atoms with Crippen LogP contribution < -0.4 is 10.1 Å². The molecule has 4 rings (SSSR count). The van der Waals surface area contributed by atoms with Crippen LogP contribution in [0, 0.1) is 0 Å². The first-order valence-electron chi connectivity index (χ1n) is 12.1. The molecular formula is C32H31NO3. The normalized spacial score (nSPS) is 11.4. The summed E-state index contributed by atoms with van der Waals surface area (Å²) >= 11 is 0. The zero-order valence-electron chi connectivity index (χ0n) is 20.5. The van der Waals surface area contributed by atoms with Gasteiger partial charge in [0.1, 0.15) is 5.75 Å². The van der Waals surface area contributed by atoms with Crippen molar-refractivity contribution in [2.75, 3.05) is 20.3 Å². The van der Waals surface area contributed by atoms with Crippen LogP contribution in [0.1, 0.15) is 28.7 Å². The van der Waals surface area contributed by atoms with Gasteiger partial charge in [-0.1, -0.05) is 109 Å². The summed E-state index contributed by atoms with van der Waals surface area (Å²) in [7, 11) is 1.36. The van der Waals surface area contributed by atoms with E-state index in [4.69, 9.17) is 9.47 Å². The van der Waals surface area contributed by atoms with Gasteiger partial charge in [0.15, 0.2) is 0 Å². The van der Waals surface area contributed by atoms with Gasteiger partial charge in [-0.25, -0.2) is 4.79 Å². The van der Waals surface area contributed by atoms with Gasteiger partial charge in [-0.3, -0.25) is 5.32 Å². The molecule has 0 amide bonds. The van der Waals surface area contributed by atoms with E-state index < -0.39 is 11.5 Å². The van der Waals surface area contributed by atoms with Gasteiger partial charge in [-0.05, 0) is 41.8 Å². The van der Waals surface area contributed by atoms with Crippen molar-refractivity contribution >= 4 is 12.0 Å². The van der Waals surface area contributed by atoms with Crippen molar-refractivity contribution < 1.29 is 14.3 Å². The van der Waals surface area contributed by atoms with Crippen LogP contribution in [0.25, 0.3) is 6.08 Å². The molecule has 0 unspecified atom stereocenters. The van der Waals surface area contributed by atoms with Gasteiger partial charge < -0.3 is 9.47 Å². The maximum atomic E-state index is 11.5. The molecular weight excluding hydrogens is 446 g/mol. The van der Waals surface area contributed by atoms with Crippen molar-refractivity contribution in [2.24, 2.45) is 0 Å². The first-order chi connectivity index (χ1) is 17.7. The zero-order valence-corrected chi connectivity index (χ0v) is 20.5. The van der Waals surface area contributed by atoms with Crippen LogP contribution in [-0.2, 0) is 15.1 Å². The molecule has 4 aromatic carbocycles. The van der Waals surface area contributed by atoms with Crippen molar-refractivity contribution in [3.8, 4) is 5.75 Å². The second-order valence-electron chi connectivity index (χ2n) is 8.37. The fourth-order valence-electron chi connectivity index (χ4n) is 4.38. The lowest BCUT2D eigenvalue weighted by Crippen LogP contribution is -2.45. The topological polar surface area (TPSA) is 47.6 Å². The highest BCUT2D eigenvalue weighted by Crippen LogP contribution is 2.36. The summed E-state index contributed by atoms with van der Waals surface area (Å²) in [6.07, 6.45) is 3.91. The lowest BCUT2D eigenvalue weighted by atomic mass is 9.77. The average Bonchev–Trinajstić information content (AvgIpc) is 2.95. The Morgan fingerprint density at radius 2 is 1.25 bits per heavy atom. The van der Waals surface area contributed by atoms with Crippen LogP contribution >= 0.6 is 0 Å². The van der Waals surface area contributed by atoms with Crippen LogP contribution in [0.3, 0.4) is 0 Å². The lowest BCUT2D eigenvalue weighted by molar-refractivity contribution is -0.134. The highest BCUT2D eigenvalue weighted by atomic mass is 16.5. The maximum absolute atomic E-state index is 11.5. The van der Waals surface area contributed by atoms with Gasteiger partial charge in [0.2, 0.25) is 0 Å². The molecule has 0 aliphatic carbocycles. The fraction of sp³-hybridized carbons (Fsp3) is 0.156.